The summed E-state index contributed by atoms with van der Waals surface area (Å²) in [4.78, 5) is 12.1. The van der Waals surface area contributed by atoms with E-state index in [9.17, 15) is 4.79 Å². The highest BCUT2D eigenvalue weighted by Crippen LogP contribution is 2.47. The molecule has 1 aromatic rings. The highest BCUT2D eigenvalue weighted by Gasteiger charge is 2.41. The van der Waals surface area contributed by atoms with Gasteiger partial charge in [0.1, 0.15) is 0 Å². The molecule has 0 spiro atoms. The lowest BCUT2D eigenvalue weighted by Crippen LogP contribution is -2.30. The number of nitrogens with one attached hydrogen (secondary N) is 1. The summed E-state index contributed by atoms with van der Waals surface area (Å²) in [7, 11) is 0. The molecule has 2 aliphatic rings. The van der Waals surface area contributed by atoms with Crippen LogP contribution in [0.25, 0.3) is 0 Å². The summed E-state index contributed by atoms with van der Waals surface area (Å²) in [5, 5.41) is 12.0. The van der Waals surface area contributed by atoms with Gasteiger partial charge in [0, 0.05) is 18.7 Å². The van der Waals surface area contributed by atoms with Crippen LogP contribution in [0.3, 0.4) is 0 Å². The number of fused-ring (bicyclic) bond motifs is 1. The summed E-state index contributed by atoms with van der Waals surface area (Å²) in [6.45, 7) is 2.12. The van der Waals surface area contributed by atoms with Crippen molar-refractivity contribution in [2.75, 3.05) is 13.2 Å². The number of carbonyl (C=O) groups is 1. The molecule has 0 atom stereocenters. The number of amides is 1. The van der Waals surface area contributed by atoms with E-state index in [0.29, 0.717) is 25.3 Å². The quantitative estimate of drug-likeness (QED) is 0.846. The average Bonchev–Trinajstić information content (AvgIpc) is 3.02. The van der Waals surface area contributed by atoms with Gasteiger partial charge in [0.05, 0.1) is 13.2 Å². The van der Waals surface area contributed by atoms with Gasteiger partial charge in [-0.15, -0.1) is 0 Å². The molecule has 4 heteroatoms. The smallest absolute Gasteiger partial charge is 0.251 e. The van der Waals surface area contributed by atoms with Crippen molar-refractivity contribution in [3.63, 3.8) is 0 Å². The van der Waals surface area contributed by atoms with Crippen molar-refractivity contribution in [1.82, 2.24) is 5.32 Å². The van der Waals surface area contributed by atoms with Gasteiger partial charge < -0.3 is 15.2 Å². The van der Waals surface area contributed by atoms with Crippen molar-refractivity contribution in [2.45, 2.75) is 32.5 Å². The molecule has 0 saturated heterocycles. The maximum Gasteiger partial charge on any atom is 0.251 e. The Morgan fingerprint density at radius 1 is 1.32 bits per heavy atom. The maximum absolute atomic E-state index is 12.1. The molecule has 4 nitrogen and oxygen atoms in total. The lowest BCUT2D eigenvalue weighted by Gasteiger charge is -2.14. The van der Waals surface area contributed by atoms with Crippen LogP contribution >= 0.6 is 0 Å². The third-order valence-electron chi connectivity index (χ3n) is 4.21. The van der Waals surface area contributed by atoms with Crippen molar-refractivity contribution < 1.29 is 14.6 Å². The summed E-state index contributed by atoms with van der Waals surface area (Å²) >= 11 is 0. The van der Waals surface area contributed by atoms with E-state index >= 15 is 0 Å². The Labute approximate surface area is 112 Å². The molecule has 19 heavy (non-hydrogen) atoms. The predicted molar refractivity (Wildman–Crippen MR) is 70.6 cm³/mol. The highest BCUT2D eigenvalue weighted by molar-refractivity contribution is 5.94. The van der Waals surface area contributed by atoms with Crippen molar-refractivity contribution in [1.29, 1.82) is 0 Å². The number of aliphatic hydroxyl groups is 1. The van der Waals surface area contributed by atoms with Crippen molar-refractivity contribution in [2.24, 2.45) is 5.41 Å². The van der Waals surface area contributed by atoms with Crippen LogP contribution in [0.1, 0.15) is 40.7 Å². The molecule has 3 rings (SSSR count). The standard InChI is InChI=1S/C15H19NO3/c17-6-5-15(3-4-15)10-16-14(18)11-1-2-12-8-19-9-13(12)7-11/h1-2,7,17H,3-6,8-10H2,(H,16,18). The number of benzene rings is 1. The van der Waals surface area contributed by atoms with Crippen LogP contribution in [0.15, 0.2) is 18.2 Å². The summed E-state index contributed by atoms with van der Waals surface area (Å²) in [6.07, 6.45) is 2.99. The molecule has 0 aromatic heterocycles. The Bertz CT molecular complexity index is 494. The molecule has 0 radical (unpaired) electrons. The lowest BCUT2D eigenvalue weighted by molar-refractivity contribution is 0.0940. The number of hydrogen-bond donors (Lipinski definition) is 2. The van der Waals surface area contributed by atoms with Crippen LogP contribution in [-0.4, -0.2) is 24.2 Å². The lowest BCUT2D eigenvalue weighted by atomic mass is 10.0. The summed E-state index contributed by atoms with van der Waals surface area (Å²) in [5.41, 5.74) is 3.15. The third kappa shape index (κ3) is 2.65. The molecule has 1 aromatic carbocycles. The first-order valence-corrected chi connectivity index (χ1v) is 6.81. The van der Waals surface area contributed by atoms with Gasteiger partial charge >= 0.3 is 0 Å². The normalized spacial score (nSPS) is 19.0. The number of hydrogen-bond acceptors (Lipinski definition) is 3. The zero-order valence-corrected chi connectivity index (χ0v) is 10.9. The Hall–Kier alpha value is -1.39. The minimum Gasteiger partial charge on any atom is -0.396 e. The molecule has 1 aliphatic carbocycles. The fourth-order valence-corrected chi connectivity index (χ4v) is 2.61. The van der Waals surface area contributed by atoms with Gasteiger partial charge in [0.15, 0.2) is 0 Å². The van der Waals surface area contributed by atoms with E-state index in [4.69, 9.17) is 9.84 Å². The largest absolute Gasteiger partial charge is 0.396 e. The van der Waals surface area contributed by atoms with Gasteiger partial charge in [-0.05, 0) is 47.9 Å². The predicted octanol–water partition coefficient (Wildman–Crippen LogP) is 1.61. The molecule has 1 amide bonds. The van der Waals surface area contributed by atoms with Crippen molar-refractivity contribution >= 4 is 5.91 Å². The second-order valence-corrected chi connectivity index (χ2v) is 5.63. The first-order valence-electron chi connectivity index (χ1n) is 6.81. The molecular formula is C15H19NO3. The molecule has 0 bridgehead atoms. The first kappa shape index (κ1) is 12.6. The highest BCUT2D eigenvalue weighted by atomic mass is 16.5. The first-order chi connectivity index (χ1) is 9.22. The van der Waals surface area contributed by atoms with Crippen LogP contribution in [-0.2, 0) is 18.0 Å². The summed E-state index contributed by atoms with van der Waals surface area (Å²) in [5.74, 6) is -0.0288. The van der Waals surface area contributed by atoms with Crippen molar-refractivity contribution in [3.05, 3.63) is 34.9 Å². The van der Waals surface area contributed by atoms with Gasteiger partial charge in [0.2, 0.25) is 0 Å². The second kappa shape index (κ2) is 4.94. The number of aliphatic hydroxyl groups excluding tert-OH is 1. The molecule has 102 valence electrons. The molecule has 1 heterocycles. The fraction of sp³-hybridized carbons (Fsp3) is 0.533. The molecule has 1 aliphatic heterocycles. The van der Waals surface area contributed by atoms with E-state index < -0.39 is 0 Å². The van der Waals surface area contributed by atoms with Gasteiger partial charge in [-0.1, -0.05) is 6.07 Å². The van der Waals surface area contributed by atoms with E-state index in [1.807, 2.05) is 18.2 Å². The van der Waals surface area contributed by atoms with Crippen LogP contribution in [0, 0.1) is 5.41 Å². The van der Waals surface area contributed by atoms with Crippen LogP contribution in [0.2, 0.25) is 0 Å². The fourth-order valence-electron chi connectivity index (χ4n) is 2.61. The van der Waals surface area contributed by atoms with Gasteiger partial charge in [-0.2, -0.15) is 0 Å². The van der Waals surface area contributed by atoms with Crippen molar-refractivity contribution in [3.8, 4) is 0 Å². The molecule has 1 fully saturated rings. The van der Waals surface area contributed by atoms with Gasteiger partial charge in [-0.25, -0.2) is 0 Å². The number of ether oxygens (including phenoxy) is 1. The van der Waals surface area contributed by atoms with Crippen LogP contribution in [0.4, 0.5) is 0 Å². The Morgan fingerprint density at radius 2 is 2.11 bits per heavy atom. The van der Waals surface area contributed by atoms with Crippen LogP contribution < -0.4 is 5.32 Å². The van der Waals surface area contributed by atoms with E-state index in [0.717, 1.165) is 24.8 Å². The third-order valence-corrected chi connectivity index (χ3v) is 4.21. The molecule has 1 saturated carbocycles. The molecule has 0 unspecified atom stereocenters. The van der Waals surface area contributed by atoms with Crippen LogP contribution in [0.5, 0.6) is 0 Å². The number of rotatable bonds is 5. The van der Waals surface area contributed by atoms with E-state index in [-0.39, 0.29) is 17.9 Å². The SMILES string of the molecule is O=C(NCC1(CCO)CC1)c1ccc2c(c1)COC2. The Balaban J connectivity index is 1.61. The summed E-state index contributed by atoms with van der Waals surface area (Å²) < 4.78 is 5.35. The Kier molecular flexibility index (Phi) is 3.29. The second-order valence-electron chi connectivity index (χ2n) is 5.63. The Morgan fingerprint density at radius 3 is 2.84 bits per heavy atom. The zero-order chi connectivity index (χ0) is 13.3. The topological polar surface area (TPSA) is 58.6 Å². The maximum atomic E-state index is 12.1. The molecule has 2 N–H and O–H groups in total. The number of carbonyl (C=O) groups excluding carboxylic acids is 1. The van der Waals surface area contributed by atoms with E-state index in [2.05, 4.69) is 5.32 Å². The zero-order valence-electron chi connectivity index (χ0n) is 10.9. The average molecular weight is 261 g/mol. The minimum atomic E-state index is -0.0288. The van der Waals surface area contributed by atoms with E-state index in [1.165, 1.54) is 5.56 Å². The van der Waals surface area contributed by atoms with Gasteiger partial charge in [0.25, 0.3) is 5.91 Å². The van der Waals surface area contributed by atoms with E-state index in [1.54, 1.807) is 0 Å². The summed E-state index contributed by atoms with van der Waals surface area (Å²) in [6, 6.07) is 5.75. The molecular weight excluding hydrogens is 242 g/mol. The van der Waals surface area contributed by atoms with Gasteiger partial charge in [-0.3, -0.25) is 4.79 Å². The minimum absolute atomic E-state index is 0.0288. The monoisotopic (exact) mass is 261 g/mol.